The molecule has 7 heteroatoms. The van der Waals surface area contributed by atoms with Crippen molar-refractivity contribution in [2.75, 3.05) is 0 Å². The van der Waals surface area contributed by atoms with Gasteiger partial charge < -0.3 is 9.88 Å². The molecule has 7 nitrogen and oxygen atoms in total. The molecule has 3 aromatic rings. The fraction of sp³-hybridized carbons (Fsp3) is 0.250. The molecule has 118 valence electrons. The van der Waals surface area contributed by atoms with E-state index in [0.29, 0.717) is 23.0 Å². The second-order valence-corrected chi connectivity index (χ2v) is 5.38. The number of amides is 1. The molecule has 1 amide bonds. The van der Waals surface area contributed by atoms with Crippen LogP contribution in [0.1, 0.15) is 24.4 Å². The molecular formula is C16H17N5O2. The van der Waals surface area contributed by atoms with E-state index in [1.807, 2.05) is 23.9 Å². The Morgan fingerprint density at radius 2 is 2.09 bits per heavy atom. The molecule has 1 atom stereocenters. The normalized spacial score (nSPS) is 12.3. The number of aromatic nitrogens is 4. The zero-order valence-corrected chi connectivity index (χ0v) is 12.9. The number of nitrogens with one attached hydrogen (secondary N) is 2. The number of carbonyl (C=O) groups is 1. The number of nitrogens with zero attached hydrogens (tertiary/aromatic N) is 3. The second kappa shape index (κ2) is 6.04. The van der Waals surface area contributed by atoms with Crippen LogP contribution in [0.5, 0.6) is 0 Å². The average molecular weight is 311 g/mol. The minimum Gasteiger partial charge on any atom is -0.348 e. The largest absolute Gasteiger partial charge is 0.348 e. The van der Waals surface area contributed by atoms with Crippen molar-refractivity contribution in [2.45, 2.75) is 19.4 Å². The topological polar surface area (TPSA) is 92.7 Å². The molecular weight excluding hydrogens is 294 g/mol. The van der Waals surface area contributed by atoms with E-state index < -0.39 is 5.92 Å². The van der Waals surface area contributed by atoms with Crippen molar-refractivity contribution in [3.05, 3.63) is 58.5 Å². The first-order valence-electron chi connectivity index (χ1n) is 7.29. The van der Waals surface area contributed by atoms with Gasteiger partial charge in [0.2, 0.25) is 5.91 Å². The molecule has 0 saturated heterocycles. The van der Waals surface area contributed by atoms with Crippen molar-refractivity contribution in [3.8, 4) is 0 Å². The molecule has 2 heterocycles. The highest BCUT2D eigenvalue weighted by molar-refractivity contribution is 5.90. The second-order valence-electron chi connectivity index (χ2n) is 5.38. The van der Waals surface area contributed by atoms with E-state index in [2.05, 4.69) is 20.5 Å². The van der Waals surface area contributed by atoms with Crippen molar-refractivity contribution in [1.82, 2.24) is 25.1 Å². The summed E-state index contributed by atoms with van der Waals surface area (Å²) in [4.78, 5) is 28.4. The van der Waals surface area contributed by atoms with Crippen LogP contribution in [0.25, 0.3) is 10.8 Å². The van der Waals surface area contributed by atoms with Gasteiger partial charge in [-0.1, -0.05) is 18.2 Å². The number of aryl methyl sites for hydroxylation is 1. The summed E-state index contributed by atoms with van der Waals surface area (Å²) in [6, 6.07) is 7.13. The number of benzene rings is 1. The van der Waals surface area contributed by atoms with Gasteiger partial charge >= 0.3 is 0 Å². The Morgan fingerprint density at radius 3 is 2.78 bits per heavy atom. The monoisotopic (exact) mass is 311 g/mol. The zero-order chi connectivity index (χ0) is 16.4. The van der Waals surface area contributed by atoms with Crippen LogP contribution in [0.2, 0.25) is 0 Å². The van der Waals surface area contributed by atoms with Crippen LogP contribution < -0.4 is 10.9 Å². The van der Waals surface area contributed by atoms with Crippen LogP contribution in [0, 0.1) is 0 Å². The number of rotatable bonds is 4. The Bertz CT molecular complexity index is 912. The molecule has 0 aliphatic heterocycles. The van der Waals surface area contributed by atoms with Crippen molar-refractivity contribution in [3.63, 3.8) is 0 Å². The van der Waals surface area contributed by atoms with E-state index in [4.69, 9.17) is 0 Å². The summed E-state index contributed by atoms with van der Waals surface area (Å²) in [7, 11) is 1.87. The summed E-state index contributed by atoms with van der Waals surface area (Å²) >= 11 is 0. The van der Waals surface area contributed by atoms with Crippen molar-refractivity contribution in [1.29, 1.82) is 0 Å². The van der Waals surface area contributed by atoms with Crippen LogP contribution in [0.4, 0.5) is 0 Å². The Morgan fingerprint density at radius 1 is 1.35 bits per heavy atom. The van der Waals surface area contributed by atoms with Gasteiger partial charge in [-0.3, -0.25) is 9.59 Å². The highest BCUT2D eigenvalue weighted by Gasteiger charge is 2.20. The molecule has 2 aromatic heterocycles. The number of imidazole rings is 1. The van der Waals surface area contributed by atoms with Gasteiger partial charge in [0.25, 0.3) is 5.56 Å². The SMILES string of the molecule is C[C@@H](C(=O)NCc1nccn1C)c1n[nH]c(=O)c2ccccc12. The maximum atomic E-state index is 12.4. The van der Waals surface area contributed by atoms with E-state index in [1.165, 1.54) is 0 Å². The molecule has 2 N–H and O–H groups in total. The lowest BCUT2D eigenvalue weighted by atomic mass is 10.0. The maximum Gasteiger partial charge on any atom is 0.272 e. The first-order valence-corrected chi connectivity index (χ1v) is 7.29. The third kappa shape index (κ3) is 2.85. The molecule has 0 aliphatic carbocycles. The van der Waals surface area contributed by atoms with Crippen molar-refractivity contribution >= 4 is 16.7 Å². The summed E-state index contributed by atoms with van der Waals surface area (Å²) in [5.74, 6) is 0.111. The molecule has 0 radical (unpaired) electrons. The number of hydrogen-bond acceptors (Lipinski definition) is 4. The summed E-state index contributed by atoms with van der Waals surface area (Å²) in [5.41, 5.74) is 0.294. The first-order chi connectivity index (χ1) is 11.1. The fourth-order valence-electron chi connectivity index (χ4n) is 2.48. The Hall–Kier alpha value is -2.96. The minimum atomic E-state index is -0.489. The van der Waals surface area contributed by atoms with Gasteiger partial charge in [0.1, 0.15) is 5.82 Å². The van der Waals surface area contributed by atoms with Gasteiger partial charge in [0, 0.05) is 24.8 Å². The molecule has 0 saturated carbocycles. The molecule has 0 aliphatic rings. The lowest BCUT2D eigenvalue weighted by Gasteiger charge is -2.13. The van der Waals surface area contributed by atoms with E-state index >= 15 is 0 Å². The lowest BCUT2D eigenvalue weighted by molar-refractivity contribution is -0.122. The third-order valence-electron chi connectivity index (χ3n) is 3.87. The maximum absolute atomic E-state index is 12.4. The van der Waals surface area contributed by atoms with Gasteiger partial charge in [-0.25, -0.2) is 10.1 Å². The van der Waals surface area contributed by atoms with E-state index in [-0.39, 0.29) is 11.5 Å². The van der Waals surface area contributed by atoms with E-state index in [0.717, 1.165) is 5.82 Å². The van der Waals surface area contributed by atoms with Crippen LogP contribution in [-0.4, -0.2) is 25.7 Å². The minimum absolute atomic E-state index is 0.169. The van der Waals surface area contributed by atoms with Gasteiger partial charge in [-0.2, -0.15) is 5.10 Å². The first kappa shape index (κ1) is 15.0. The summed E-state index contributed by atoms with van der Waals surface area (Å²) in [6.07, 6.45) is 3.50. The Kier molecular flexibility index (Phi) is 3.92. The Balaban J connectivity index is 1.84. The number of hydrogen-bond donors (Lipinski definition) is 2. The number of carbonyl (C=O) groups excluding carboxylic acids is 1. The molecule has 0 fully saturated rings. The quantitative estimate of drug-likeness (QED) is 0.754. The van der Waals surface area contributed by atoms with Crippen LogP contribution in [0.3, 0.4) is 0 Å². The molecule has 1 aromatic carbocycles. The predicted molar refractivity (Wildman–Crippen MR) is 85.8 cm³/mol. The molecule has 0 spiro atoms. The van der Waals surface area contributed by atoms with Gasteiger partial charge in [0.15, 0.2) is 0 Å². The third-order valence-corrected chi connectivity index (χ3v) is 3.87. The van der Waals surface area contributed by atoms with Crippen LogP contribution in [0.15, 0.2) is 41.5 Å². The average Bonchev–Trinajstić information content (AvgIpc) is 2.98. The highest BCUT2D eigenvalue weighted by Crippen LogP contribution is 2.20. The molecule has 3 rings (SSSR count). The van der Waals surface area contributed by atoms with E-state index in [9.17, 15) is 9.59 Å². The summed E-state index contributed by atoms with van der Waals surface area (Å²) in [5, 5.41) is 10.6. The Labute approximate surface area is 132 Å². The summed E-state index contributed by atoms with van der Waals surface area (Å²) in [6.45, 7) is 2.11. The smallest absolute Gasteiger partial charge is 0.272 e. The van der Waals surface area contributed by atoms with Crippen LogP contribution >= 0.6 is 0 Å². The fourth-order valence-corrected chi connectivity index (χ4v) is 2.48. The van der Waals surface area contributed by atoms with Gasteiger partial charge in [-0.05, 0) is 13.0 Å². The molecule has 0 unspecified atom stereocenters. The zero-order valence-electron chi connectivity index (χ0n) is 12.9. The predicted octanol–water partition coefficient (Wildman–Crippen LogP) is 1.08. The van der Waals surface area contributed by atoms with Gasteiger partial charge in [-0.15, -0.1) is 0 Å². The number of aromatic amines is 1. The van der Waals surface area contributed by atoms with Crippen molar-refractivity contribution < 1.29 is 4.79 Å². The molecule has 0 bridgehead atoms. The summed E-state index contributed by atoms with van der Waals surface area (Å²) < 4.78 is 1.85. The van der Waals surface area contributed by atoms with E-state index in [1.54, 1.807) is 31.3 Å². The number of H-pyrrole nitrogens is 1. The molecule has 23 heavy (non-hydrogen) atoms. The lowest BCUT2D eigenvalue weighted by Crippen LogP contribution is -2.29. The van der Waals surface area contributed by atoms with Crippen LogP contribution in [-0.2, 0) is 18.4 Å². The highest BCUT2D eigenvalue weighted by atomic mass is 16.2. The van der Waals surface area contributed by atoms with Crippen molar-refractivity contribution in [2.24, 2.45) is 7.05 Å². The van der Waals surface area contributed by atoms with Gasteiger partial charge in [0.05, 0.1) is 23.5 Å². The number of fused-ring (bicyclic) bond motifs is 1. The standard InChI is InChI=1S/C16H17N5O2/c1-10(15(22)18-9-13-17-7-8-21(13)2)14-11-5-3-4-6-12(11)16(23)20-19-14/h3-8,10H,9H2,1-2H3,(H,18,22)(H,20,23)/t10-/m1/s1.